The van der Waals surface area contributed by atoms with Crippen molar-refractivity contribution in [2.24, 2.45) is 0 Å². The first-order valence-corrected chi connectivity index (χ1v) is 8.45. The van der Waals surface area contributed by atoms with Crippen molar-refractivity contribution >= 4 is 0 Å². The second-order valence-corrected chi connectivity index (χ2v) is 6.65. The first-order chi connectivity index (χ1) is 11.3. The van der Waals surface area contributed by atoms with E-state index in [1.54, 1.807) is 0 Å². The second-order valence-electron chi connectivity index (χ2n) is 6.65. The molecule has 0 aromatic heterocycles. The molecule has 0 amide bonds. The maximum Gasteiger partial charge on any atom is 0.123 e. The van der Waals surface area contributed by atoms with Gasteiger partial charge in [-0.3, -0.25) is 4.90 Å². The Balaban J connectivity index is 1.39. The van der Waals surface area contributed by atoms with Crippen molar-refractivity contribution in [2.75, 3.05) is 19.7 Å². The third-order valence-corrected chi connectivity index (χ3v) is 5.09. The van der Waals surface area contributed by atoms with Crippen LogP contribution in [0.4, 0.5) is 4.39 Å². The Hall–Kier alpha value is -1.71. The van der Waals surface area contributed by atoms with Gasteiger partial charge in [-0.2, -0.15) is 0 Å². The highest BCUT2D eigenvalue weighted by atomic mass is 19.1. The lowest BCUT2D eigenvalue weighted by molar-refractivity contribution is -0.0411. The summed E-state index contributed by atoms with van der Waals surface area (Å²) < 4.78 is 19.0. The molecule has 1 aliphatic heterocycles. The van der Waals surface area contributed by atoms with E-state index in [1.807, 2.05) is 12.1 Å². The van der Waals surface area contributed by atoms with Gasteiger partial charge >= 0.3 is 0 Å². The predicted octanol–water partition coefficient (Wildman–Crippen LogP) is 3.24. The summed E-state index contributed by atoms with van der Waals surface area (Å²) >= 11 is 0. The molecule has 4 rings (SSSR count). The molecule has 2 aromatic rings. The number of benzene rings is 2. The summed E-state index contributed by atoms with van der Waals surface area (Å²) in [5.74, 6) is -0.177. The summed E-state index contributed by atoms with van der Waals surface area (Å²) in [5.41, 5.74) is 4.14. The van der Waals surface area contributed by atoms with Gasteiger partial charge in [-0.1, -0.05) is 36.4 Å². The number of rotatable bonds is 3. The molecule has 2 nitrogen and oxygen atoms in total. The Morgan fingerprint density at radius 3 is 2.39 bits per heavy atom. The molecule has 0 spiro atoms. The third-order valence-electron chi connectivity index (χ3n) is 5.09. The van der Waals surface area contributed by atoms with Crippen molar-refractivity contribution in [3.05, 3.63) is 71.0 Å². The fourth-order valence-electron chi connectivity index (χ4n) is 3.87. The summed E-state index contributed by atoms with van der Waals surface area (Å²) in [5, 5.41) is 0. The van der Waals surface area contributed by atoms with Gasteiger partial charge < -0.3 is 4.74 Å². The second kappa shape index (κ2) is 6.42. The third kappa shape index (κ3) is 3.31. The van der Waals surface area contributed by atoms with Crippen molar-refractivity contribution in [1.29, 1.82) is 0 Å². The molecule has 0 unspecified atom stereocenters. The van der Waals surface area contributed by atoms with Crippen molar-refractivity contribution in [3.63, 3.8) is 0 Å². The van der Waals surface area contributed by atoms with Gasteiger partial charge in [0.2, 0.25) is 0 Å². The van der Waals surface area contributed by atoms with Crippen LogP contribution >= 0.6 is 0 Å². The molecule has 0 N–H and O–H groups in total. The Bertz CT molecular complexity index is 645. The number of fused-ring (bicyclic) bond motifs is 1. The van der Waals surface area contributed by atoms with E-state index < -0.39 is 0 Å². The minimum Gasteiger partial charge on any atom is -0.375 e. The highest BCUT2D eigenvalue weighted by molar-refractivity contribution is 5.33. The molecule has 0 bridgehead atoms. The lowest BCUT2D eigenvalue weighted by Gasteiger charge is -2.37. The van der Waals surface area contributed by atoms with Crippen LogP contribution in [0.3, 0.4) is 0 Å². The number of hydrogen-bond donors (Lipinski definition) is 0. The molecule has 120 valence electrons. The van der Waals surface area contributed by atoms with E-state index in [0.717, 1.165) is 44.5 Å². The SMILES string of the molecule is Fc1ccc(C[C@@H]2CN(C3Cc4ccccc4C3)CCO2)cc1. The summed E-state index contributed by atoms with van der Waals surface area (Å²) in [6.07, 6.45) is 3.37. The normalized spacial score (nSPS) is 22.2. The van der Waals surface area contributed by atoms with E-state index in [9.17, 15) is 4.39 Å². The molecule has 1 heterocycles. The highest BCUT2D eigenvalue weighted by Crippen LogP contribution is 2.27. The van der Waals surface area contributed by atoms with Gasteiger partial charge in [0.05, 0.1) is 12.7 Å². The largest absolute Gasteiger partial charge is 0.375 e. The number of nitrogens with zero attached hydrogens (tertiary/aromatic N) is 1. The standard InChI is InChI=1S/C20H22FNO/c21-18-7-5-15(6-8-18)11-20-14-22(9-10-23-20)19-12-16-3-1-2-4-17(16)13-19/h1-8,19-20H,9-14H2/t20-/m1/s1. The molecule has 2 aromatic carbocycles. The van der Waals surface area contributed by atoms with E-state index in [0.29, 0.717) is 6.04 Å². The van der Waals surface area contributed by atoms with Crippen LogP contribution in [0.25, 0.3) is 0 Å². The van der Waals surface area contributed by atoms with Gasteiger partial charge in [0, 0.05) is 19.1 Å². The zero-order valence-corrected chi connectivity index (χ0v) is 13.2. The average Bonchev–Trinajstić information content (AvgIpc) is 3.01. The van der Waals surface area contributed by atoms with E-state index in [-0.39, 0.29) is 11.9 Å². The molecule has 1 aliphatic carbocycles. The molecular weight excluding hydrogens is 289 g/mol. The molecule has 1 saturated heterocycles. The van der Waals surface area contributed by atoms with Crippen molar-refractivity contribution < 1.29 is 9.13 Å². The summed E-state index contributed by atoms with van der Waals surface area (Å²) in [6.45, 7) is 2.77. The lowest BCUT2D eigenvalue weighted by Crippen LogP contribution is -2.48. The molecule has 2 aliphatic rings. The first kappa shape index (κ1) is 14.9. The van der Waals surface area contributed by atoms with Crippen molar-refractivity contribution in [3.8, 4) is 0 Å². The maximum atomic E-state index is 13.0. The van der Waals surface area contributed by atoms with Crippen LogP contribution in [0.5, 0.6) is 0 Å². The van der Waals surface area contributed by atoms with Crippen LogP contribution in [0.2, 0.25) is 0 Å². The minimum absolute atomic E-state index is 0.177. The van der Waals surface area contributed by atoms with Crippen molar-refractivity contribution in [2.45, 2.75) is 31.4 Å². The Labute approximate surface area is 136 Å². The monoisotopic (exact) mass is 311 g/mol. The molecule has 1 atom stereocenters. The number of halogens is 1. The fraction of sp³-hybridized carbons (Fsp3) is 0.400. The predicted molar refractivity (Wildman–Crippen MR) is 89.1 cm³/mol. The lowest BCUT2D eigenvalue weighted by atomic mass is 10.0. The van der Waals surface area contributed by atoms with Crippen LogP contribution in [0.15, 0.2) is 48.5 Å². The van der Waals surface area contributed by atoms with Crippen molar-refractivity contribution in [1.82, 2.24) is 4.90 Å². The minimum atomic E-state index is -0.177. The van der Waals surface area contributed by atoms with Crippen LogP contribution in [0.1, 0.15) is 16.7 Å². The number of morpholine rings is 1. The molecule has 1 fully saturated rings. The van der Waals surface area contributed by atoms with E-state index in [1.165, 1.54) is 23.3 Å². The zero-order chi connectivity index (χ0) is 15.6. The summed E-state index contributed by atoms with van der Waals surface area (Å²) in [6, 6.07) is 16.2. The highest BCUT2D eigenvalue weighted by Gasteiger charge is 2.30. The van der Waals surface area contributed by atoms with E-state index in [4.69, 9.17) is 4.74 Å². The molecule has 0 radical (unpaired) electrons. The Morgan fingerprint density at radius 2 is 1.70 bits per heavy atom. The fourth-order valence-corrected chi connectivity index (χ4v) is 3.87. The van der Waals surface area contributed by atoms with E-state index in [2.05, 4.69) is 29.2 Å². The van der Waals surface area contributed by atoms with Crippen LogP contribution in [-0.4, -0.2) is 36.7 Å². The van der Waals surface area contributed by atoms with Gasteiger partial charge in [0.15, 0.2) is 0 Å². The quantitative estimate of drug-likeness (QED) is 0.863. The maximum absolute atomic E-state index is 13.0. The molecule has 3 heteroatoms. The summed E-state index contributed by atoms with van der Waals surface area (Å²) in [7, 11) is 0. The van der Waals surface area contributed by atoms with Crippen LogP contribution < -0.4 is 0 Å². The summed E-state index contributed by atoms with van der Waals surface area (Å²) in [4.78, 5) is 2.58. The Morgan fingerprint density at radius 1 is 1.00 bits per heavy atom. The first-order valence-electron chi connectivity index (χ1n) is 8.45. The van der Waals surface area contributed by atoms with Gasteiger partial charge in [-0.15, -0.1) is 0 Å². The Kier molecular flexibility index (Phi) is 4.15. The van der Waals surface area contributed by atoms with Gasteiger partial charge in [-0.25, -0.2) is 4.39 Å². The molecule has 0 saturated carbocycles. The number of hydrogen-bond acceptors (Lipinski definition) is 2. The molecule has 23 heavy (non-hydrogen) atoms. The van der Waals surface area contributed by atoms with Crippen LogP contribution in [0, 0.1) is 5.82 Å². The van der Waals surface area contributed by atoms with Gasteiger partial charge in [-0.05, 0) is 48.1 Å². The van der Waals surface area contributed by atoms with E-state index >= 15 is 0 Å². The van der Waals surface area contributed by atoms with Gasteiger partial charge in [0.1, 0.15) is 5.82 Å². The van der Waals surface area contributed by atoms with Crippen LogP contribution in [-0.2, 0) is 24.0 Å². The number of ether oxygens (including phenoxy) is 1. The average molecular weight is 311 g/mol. The molecular formula is C20H22FNO. The van der Waals surface area contributed by atoms with Gasteiger partial charge in [0.25, 0.3) is 0 Å². The smallest absolute Gasteiger partial charge is 0.123 e. The zero-order valence-electron chi connectivity index (χ0n) is 13.2. The topological polar surface area (TPSA) is 12.5 Å².